The topological polar surface area (TPSA) is 0 Å². The highest BCUT2D eigenvalue weighted by Gasteiger charge is 2.14. The molecule has 26 heavy (non-hydrogen) atoms. The number of hydrogen-bond acceptors (Lipinski definition) is 0. The molecule has 0 nitrogen and oxygen atoms in total. The van der Waals surface area contributed by atoms with Gasteiger partial charge in [-0.25, -0.2) is 0 Å². The molecule has 4 aromatic rings. The Labute approximate surface area is 154 Å². The average Bonchev–Trinajstić information content (AvgIpc) is 2.72. The van der Waals surface area contributed by atoms with E-state index in [2.05, 4.69) is 84.9 Å². The van der Waals surface area contributed by atoms with E-state index in [1.807, 2.05) is 0 Å². The molecule has 0 N–H and O–H groups in total. The van der Waals surface area contributed by atoms with Gasteiger partial charge in [-0.2, -0.15) is 0 Å². The summed E-state index contributed by atoms with van der Waals surface area (Å²) in [4.78, 5) is 0. The monoisotopic (exact) mass is 334 g/mol. The minimum Gasteiger partial charge on any atom is -0.0622 e. The lowest BCUT2D eigenvalue weighted by Crippen LogP contribution is -2.03. The predicted molar refractivity (Wildman–Crippen MR) is 113 cm³/mol. The van der Waals surface area contributed by atoms with E-state index in [0.717, 1.165) is 0 Å². The van der Waals surface area contributed by atoms with Crippen LogP contribution in [0.3, 0.4) is 0 Å². The highest BCUT2D eigenvalue weighted by molar-refractivity contribution is 6.12. The van der Waals surface area contributed by atoms with Crippen molar-refractivity contribution in [1.29, 1.82) is 0 Å². The van der Waals surface area contributed by atoms with Crippen molar-refractivity contribution in [2.45, 2.75) is 25.7 Å². The molecular weight excluding hydrogens is 312 g/mol. The van der Waals surface area contributed by atoms with Crippen LogP contribution in [0, 0.1) is 0 Å². The van der Waals surface area contributed by atoms with Crippen LogP contribution in [0.1, 0.15) is 35.1 Å². The van der Waals surface area contributed by atoms with E-state index in [1.54, 1.807) is 11.1 Å². The number of aryl methyl sites for hydroxylation is 2. The van der Waals surface area contributed by atoms with Crippen LogP contribution in [-0.2, 0) is 12.8 Å². The maximum atomic E-state index is 2.42. The van der Waals surface area contributed by atoms with Gasteiger partial charge in [0, 0.05) is 0 Å². The molecule has 0 unspecified atom stereocenters. The smallest absolute Gasteiger partial charge is 0.00993 e. The van der Waals surface area contributed by atoms with Crippen molar-refractivity contribution < 1.29 is 0 Å². The van der Waals surface area contributed by atoms with E-state index in [0.29, 0.717) is 0 Å². The maximum Gasteiger partial charge on any atom is -0.00993 e. The van der Waals surface area contributed by atoms with Crippen LogP contribution in [0.15, 0.2) is 72.8 Å². The van der Waals surface area contributed by atoms with Crippen molar-refractivity contribution in [2.24, 2.45) is 0 Å². The molecule has 0 atom stereocenters. The molecule has 0 heterocycles. The van der Waals surface area contributed by atoms with Gasteiger partial charge < -0.3 is 0 Å². The van der Waals surface area contributed by atoms with E-state index < -0.39 is 0 Å². The van der Waals surface area contributed by atoms with Crippen molar-refractivity contribution >= 4 is 33.7 Å². The fraction of sp³-hybridized carbons (Fsp3) is 0.154. The Bertz CT molecular complexity index is 1120. The Morgan fingerprint density at radius 3 is 2.19 bits per heavy atom. The third-order valence-electron chi connectivity index (χ3n) is 5.66. The largest absolute Gasteiger partial charge is 0.0622 e. The number of fused-ring (bicyclic) bond motifs is 5. The lowest BCUT2D eigenvalue weighted by molar-refractivity contribution is 0.690. The highest BCUT2D eigenvalue weighted by Crippen LogP contribution is 2.35. The fourth-order valence-corrected chi connectivity index (χ4v) is 4.35. The van der Waals surface area contributed by atoms with Crippen LogP contribution in [0.5, 0.6) is 0 Å². The van der Waals surface area contributed by atoms with Crippen molar-refractivity contribution in [3.63, 3.8) is 0 Å². The maximum absolute atomic E-state index is 2.42. The van der Waals surface area contributed by atoms with Crippen LogP contribution in [0.4, 0.5) is 0 Å². The normalized spacial score (nSPS) is 14.2. The van der Waals surface area contributed by atoms with Crippen LogP contribution >= 0.6 is 0 Å². The van der Waals surface area contributed by atoms with Gasteiger partial charge in [0.1, 0.15) is 0 Å². The second-order valence-corrected chi connectivity index (χ2v) is 7.26. The summed E-state index contributed by atoms with van der Waals surface area (Å²) in [7, 11) is 0. The lowest BCUT2D eigenvalue weighted by Gasteiger charge is -2.19. The molecule has 0 spiro atoms. The third-order valence-corrected chi connectivity index (χ3v) is 5.66. The zero-order chi connectivity index (χ0) is 17.3. The van der Waals surface area contributed by atoms with E-state index >= 15 is 0 Å². The van der Waals surface area contributed by atoms with Gasteiger partial charge in [-0.05, 0) is 75.5 Å². The van der Waals surface area contributed by atoms with Crippen molar-refractivity contribution in [3.8, 4) is 0 Å². The van der Waals surface area contributed by atoms with E-state index in [-0.39, 0.29) is 0 Å². The second kappa shape index (κ2) is 6.46. The Balaban J connectivity index is 1.77. The summed E-state index contributed by atoms with van der Waals surface area (Å²) in [5.41, 5.74) is 5.69. The molecule has 0 fully saturated rings. The predicted octanol–water partition coefficient (Wildman–Crippen LogP) is 7.04. The molecule has 0 aliphatic heterocycles. The molecule has 4 aromatic carbocycles. The van der Waals surface area contributed by atoms with E-state index in [1.165, 1.54) is 58.4 Å². The fourth-order valence-electron chi connectivity index (χ4n) is 4.35. The van der Waals surface area contributed by atoms with Gasteiger partial charge in [0.15, 0.2) is 0 Å². The Morgan fingerprint density at radius 2 is 1.31 bits per heavy atom. The number of benzene rings is 4. The van der Waals surface area contributed by atoms with Gasteiger partial charge >= 0.3 is 0 Å². The second-order valence-electron chi connectivity index (χ2n) is 7.26. The molecule has 0 heteroatoms. The molecule has 0 saturated carbocycles. The molecular formula is C26H22. The molecule has 0 amide bonds. The molecule has 0 radical (unpaired) electrons. The van der Waals surface area contributed by atoms with Gasteiger partial charge in [0.25, 0.3) is 0 Å². The summed E-state index contributed by atoms with van der Waals surface area (Å²) in [6.07, 6.45) is 9.59. The molecule has 1 aliphatic rings. The van der Waals surface area contributed by atoms with Crippen molar-refractivity contribution in [3.05, 3.63) is 95.1 Å². The summed E-state index contributed by atoms with van der Waals surface area (Å²) in [5.74, 6) is 0. The highest BCUT2D eigenvalue weighted by atomic mass is 14.2. The number of rotatable bonds is 2. The quantitative estimate of drug-likeness (QED) is 0.272. The molecule has 0 saturated heterocycles. The zero-order valence-electron chi connectivity index (χ0n) is 14.9. The summed E-state index contributed by atoms with van der Waals surface area (Å²) >= 11 is 0. The Morgan fingerprint density at radius 1 is 0.577 bits per heavy atom. The van der Waals surface area contributed by atoms with Crippen LogP contribution in [0.2, 0.25) is 0 Å². The van der Waals surface area contributed by atoms with E-state index in [4.69, 9.17) is 0 Å². The van der Waals surface area contributed by atoms with Crippen LogP contribution < -0.4 is 0 Å². The van der Waals surface area contributed by atoms with Crippen molar-refractivity contribution in [2.75, 3.05) is 0 Å². The molecule has 126 valence electrons. The minimum atomic E-state index is 1.22. The SMILES string of the molecule is C(=Cc1cc2c3c(ccc2c2ccccc12)CCCC3)c1ccccc1. The Hall–Kier alpha value is -2.86. The van der Waals surface area contributed by atoms with Crippen LogP contribution in [0.25, 0.3) is 33.7 Å². The average molecular weight is 334 g/mol. The molecule has 1 aliphatic carbocycles. The standard InChI is InChI=1S/C26H22/c1-2-8-19(9-3-1)14-15-21-18-26-22-11-5-4-10-20(22)16-17-25(26)24-13-7-6-12-23(21)24/h1-3,6-9,12-18H,4-5,10-11H2. The van der Waals surface area contributed by atoms with E-state index in [9.17, 15) is 0 Å². The first-order valence-corrected chi connectivity index (χ1v) is 9.59. The summed E-state index contributed by atoms with van der Waals surface area (Å²) in [5, 5.41) is 5.56. The summed E-state index contributed by atoms with van der Waals surface area (Å²) in [6.45, 7) is 0. The lowest BCUT2D eigenvalue weighted by atomic mass is 9.85. The van der Waals surface area contributed by atoms with Gasteiger partial charge in [0.2, 0.25) is 0 Å². The number of hydrogen-bond donors (Lipinski definition) is 0. The van der Waals surface area contributed by atoms with Gasteiger partial charge in [0.05, 0.1) is 0 Å². The van der Waals surface area contributed by atoms with Crippen molar-refractivity contribution in [1.82, 2.24) is 0 Å². The third kappa shape index (κ3) is 2.63. The molecule has 0 aromatic heterocycles. The van der Waals surface area contributed by atoms with Gasteiger partial charge in [-0.1, -0.05) is 78.9 Å². The summed E-state index contributed by atoms with van der Waals surface area (Å²) in [6, 6.07) is 26.5. The minimum absolute atomic E-state index is 1.22. The van der Waals surface area contributed by atoms with Gasteiger partial charge in [-0.3, -0.25) is 0 Å². The first-order chi connectivity index (χ1) is 12.9. The molecule has 5 rings (SSSR count). The Kier molecular flexibility index (Phi) is 3.83. The van der Waals surface area contributed by atoms with Gasteiger partial charge in [-0.15, -0.1) is 0 Å². The zero-order valence-corrected chi connectivity index (χ0v) is 14.9. The summed E-state index contributed by atoms with van der Waals surface area (Å²) < 4.78 is 0. The van der Waals surface area contributed by atoms with Crippen LogP contribution in [-0.4, -0.2) is 0 Å². The molecule has 0 bridgehead atoms. The first kappa shape index (κ1) is 15.4. The first-order valence-electron chi connectivity index (χ1n) is 9.59.